The predicted octanol–water partition coefficient (Wildman–Crippen LogP) is 1.63. The van der Waals surface area contributed by atoms with E-state index in [2.05, 4.69) is 0 Å². The lowest BCUT2D eigenvalue weighted by Crippen LogP contribution is -2.42. The van der Waals surface area contributed by atoms with Gasteiger partial charge >= 0.3 is 6.03 Å². The average molecular weight is 250 g/mol. The first kappa shape index (κ1) is 15.8. The minimum Gasteiger partial charge on any atom is -0.278 e. The Morgan fingerprint density at radius 3 is 2.06 bits per heavy atom. The van der Waals surface area contributed by atoms with Gasteiger partial charge in [-0.2, -0.15) is 0 Å². The third-order valence-corrected chi connectivity index (χ3v) is 1.75. The van der Waals surface area contributed by atoms with Crippen molar-refractivity contribution >= 4 is 17.8 Å². The average Bonchev–Trinajstić information content (AvgIpc) is 2.31. The Bertz CT molecular complexity index is 402. The Hall–Kier alpha value is -2.17. The summed E-state index contributed by atoms with van der Waals surface area (Å²) in [7, 11) is 0. The van der Waals surface area contributed by atoms with E-state index in [1.165, 1.54) is 6.92 Å². The van der Waals surface area contributed by atoms with Crippen molar-refractivity contribution in [2.24, 2.45) is 0 Å². The summed E-state index contributed by atoms with van der Waals surface area (Å²) in [6, 6.07) is 8.21. The molecule has 4 amide bonds. The van der Waals surface area contributed by atoms with Gasteiger partial charge in [0.05, 0.1) is 6.42 Å². The van der Waals surface area contributed by atoms with Gasteiger partial charge in [-0.3, -0.25) is 20.2 Å². The number of carbonyl (C=O) groups excluding carboxylic acids is 3. The van der Waals surface area contributed by atoms with Crippen LogP contribution in [0.1, 0.15) is 26.3 Å². The van der Waals surface area contributed by atoms with Crippen LogP contribution in [0, 0.1) is 0 Å². The third-order valence-electron chi connectivity index (χ3n) is 1.75. The zero-order valence-electron chi connectivity index (χ0n) is 10.8. The molecule has 5 nitrogen and oxygen atoms in total. The lowest BCUT2D eigenvalue weighted by molar-refractivity contribution is -0.119. The zero-order chi connectivity index (χ0) is 14.0. The van der Waals surface area contributed by atoms with E-state index in [4.69, 9.17) is 0 Å². The number of amides is 4. The van der Waals surface area contributed by atoms with Gasteiger partial charge in [0.1, 0.15) is 0 Å². The summed E-state index contributed by atoms with van der Waals surface area (Å²) in [5.41, 5.74) is 0.802. The van der Waals surface area contributed by atoms with Crippen molar-refractivity contribution in [2.75, 3.05) is 0 Å². The first-order valence-corrected chi connectivity index (χ1v) is 5.73. The summed E-state index contributed by atoms with van der Waals surface area (Å²) in [5, 5.41) is 4.00. The fraction of sp³-hybridized carbons (Fsp3) is 0.308. The first-order chi connectivity index (χ1) is 8.58. The van der Waals surface area contributed by atoms with Gasteiger partial charge in [0.25, 0.3) is 0 Å². The van der Waals surface area contributed by atoms with Crippen LogP contribution < -0.4 is 10.6 Å². The van der Waals surface area contributed by atoms with Crippen LogP contribution >= 0.6 is 0 Å². The molecule has 1 rings (SSSR count). The number of hydrogen-bond acceptors (Lipinski definition) is 3. The fourth-order valence-corrected chi connectivity index (χ4v) is 1.14. The second-order valence-electron chi connectivity index (χ2n) is 3.22. The van der Waals surface area contributed by atoms with Gasteiger partial charge in [-0.25, -0.2) is 4.79 Å². The van der Waals surface area contributed by atoms with Gasteiger partial charge < -0.3 is 0 Å². The lowest BCUT2D eigenvalue weighted by Gasteiger charge is -2.03. The van der Waals surface area contributed by atoms with Crippen LogP contribution in [-0.4, -0.2) is 17.8 Å². The van der Waals surface area contributed by atoms with Crippen molar-refractivity contribution in [2.45, 2.75) is 27.2 Å². The molecule has 0 aromatic heterocycles. The highest BCUT2D eigenvalue weighted by atomic mass is 16.2. The van der Waals surface area contributed by atoms with E-state index in [0.717, 1.165) is 5.56 Å². The predicted molar refractivity (Wildman–Crippen MR) is 68.8 cm³/mol. The number of imide groups is 2. The molecule has 1 aromatic carbocycles. The maximum atomic E-state index is 11.3. The molecule has 0 aliphatic carbocycles. The van der Waals surface area contributed by atoms with Crippen molar-refractivity contribution in [1.29, 1.82) is 0 Å². The fourth-order valence-electron chi connectivity index (χ4n) is 1.14. The van der Waals surface area contributed by atoms with Gasteiger partial charge in [-0.1, -0.05) is 44.2 Å². The van der Waals surface area contributed by atoms with E-state index in [9.17, 15) is 14.4 Å². The van der Waals surface area contributed by atoms with Crippen LogP contribution in [0.3, 0.4) is 0 Å². The number of rotatable bonds is 2. The number of carbonyl (C=O) groups is 3. The standard InChI is InChI=1S/C11H12N2O3.C2H6/c1-8(14)12-11(16)13-10(15)7-9-5-3-2-4-6-9;1-2/h2-6H,7H2,1H3,(H2,12,13,14,15,16);1-2H3. The van der Waals surface area contributed by atoms with Crippen LogP contribution in [0.25, 0.3) is 0 Å². The van der Waals surface area contributed by atoms with Crippen molar-refractivity contribution in [1.82, 2.24) is 10.6 Å². The van der Waals surface area contributed by atoms with E-state index in [-0.39, 0.29) is 6.42 Å². The quantitative estimate of drug-likeness (QED) is 0.837. The Morgan fingerprint density at radius 1 is 1.00 bits per heavy atom. The molecule has 0 saturated heterocycles. The highest BCUT2D eigenvalue weighted by molar-refractivity contribution is 6.01. The molecule has 0 spiro atoms. The van der Waals surface area contributed by atoms with Gasteiger partial charge in [0.15, 0.2) is 0 Å². The topological polar surface area (TPSA) is 75.3 Å². The van der Waals surface area contributed by atoms with E-state index >= 15 is 0 Å². The first-order valence-electron chi connectivity index (χ1n) is 5.73. The molecule has 0 fully saturated rings. The Morgan fingerprint density at radius 2 is 1.56 bits per heavy atom. The third kappa shape index (κ3) is 7.16. The molecular weight excluding hydrogens is 232 g/mol. The van der Waals surface area contributed by atoms with Gasteiger partial charge in [0.2, 0.25) is 11.8 Å². The summed E-state index contributed by atoms with van der Waals surface area (Å²) in [5.74, 6) is -0.963. The van der Waals surface area contributed by atoms with E-state index in [1.54, 1.807) is 24.3 Å². The number of hydrogen-bond donors (Lipinski definition) is 2. The molecule has 0 bridgehead atoms. The SMILES string of the molecule is CC.CC(=O)NC(=O)NC(=O)Cc1ccccc1. The number of urea groups is 1. The van der Waals surface area contributed by atoms with Crippen molar-refractivity contribution in [3.05, 3.63) is 35.9 Å². The Balaban J connectivity index is 0.00000137. The van der Waals surface area contributed by atoms with E-state index in [0.29, 0.717) is 0 Å². The molecule has 0 atom stereocenters. The van der Waals surface area contributed by atoms with Crippen LogP contribution in [-0.2, 0) is 16.0 Å². The molecule has 18 heavy (non-hydrogen) atoms. The highest BCUT2D eigenvalue weighted by Crippen LogP contribution is 1.98. The molecule has 0 aliphatic heterocycles. The molecule has 0 aliphatic rings. The maximum Gasteiger partial charge on any atom is 0.328 e. The molecule has 98 valence electrons. The lowest BCUT2D eigenvalue weighted by atomic mass is 10.1. The second-order valence-corrected chi connectivity index (χ2v) is 3.22. The molecule has 2 N–H and O–H groups in total. The maximum absolute atomic E-state index is 11.3. The second kappa shape index (κ2) is 8.92. The van der Waals surface area contributed by atoms with Crippen LogP contribution in [0.2, 0.25) is 0 Å². The van der Waals surface area contributed by atoms with Crippen LogP contribution in [0.15, 0.2) is 30.3 Å². The molecule has 5 heteroatoms. The zero-order valence-corrected chi connectivity index (χ0v) is 10.8. The van der Waals surface area contributed by atoms with Crippen LogP contribution in [0.5, 0.6) is 0 Å². The van der Waals surface area contributed by atoms with Crippen molar-refractivity contribution in [3.8, 4) is 0 Å². The van der Waals surface area contributed by atoms with Gasteiger partial charge in [-0.05, 0) is 5.56 Å². The van der Waals surface area contributed by atoms with Crippen LogP contribution in [0.4, 0.5) is 4.79 Å². The molecule has 0 saturated carbocycles. The monoisotopic (exact) mass is 250 g/mol. The van der Waals surface area contributed by atoms with Crippen molar-refractivity contribution in [3.63, 3.8) is 0 Å². The molecule has 0 radical (unpaired) electrons. The normalized spacial score (nSPS) is 8.61. The van der Waals surface area contributed by atoms with Gasteiger partial charge in [0, 0.05) is 6.92 Å². The highest BCUT2D eigenvalue weighted by Gasteiger charge is 2.08. The molecule has 0 unspecified atom stereocenters. The minimum absolute atomic E-state index is 0.103. The molecular formula is C13H18N2O3. The summed E-state index contributed by atoms with van der Waals surface area (Å²) in [4.78, 5) is 32.8. The van der Waals surface area contributed by atoms with Crippen molar-refractivity contribution < 1.29 is 14.4 Å². The Labute approximate surface area is 107 Å². The Kier molecular flexibility index (Phi) is 7.85. The number of nitrogens with one attached hydrogen (secondary N) is 2. The number of benzene rings is 1. The summed E-state index contributed by atoms with van der Waals surface area (Å²) >= 11 is 0. The largest absolute Gasteiger partial charge is 0.328 e. The van der Waals surface area contributed by atoms with E-state index in [1.807, 2.05) is 30.5 Å². The summed E-state index contributed by atoms with van der Waals surface area (Å²) in [6.45, 7) is 5.20. The minimum atomic E-state index is -0.798. The summed E-state index contributed by atoms with van der Waals surface area (Å²) in [6.07, 6.45) is 0.103. The smallest absolute Gasteiger partial charge is 0.278 e. The summed E-state index contributed by atoms with van der Waals surface area (Å²) < 4.78 is 0. The van der Waals surface area contributed by atoms with E-state index < -0.39 is 17.8 Å². The molecule has 1 aromatic rings. The molecule has 0 heterocycles. The van der Waals surface area contributed by atoms with Gasteiger partial charge in [-0.15, -0.1) is 0 Å².